The largest absolute Gasteiger partial charge is 0.402 e. The Balaban J connectivity index is 2.75. The number of nitrogens with one attached hydrogen (secondary N) is 2. The van der Waals surface area contributed by atoms with E-state index in [-0.39, 0.29) is 23.8 Å². The average Bonchev–Trinajstić information content (AvgIpc) is 2.37. The van der Waals surface area contributed by atoms with Gasteiger partial charge in [0.1, 0.15) is 6.54 Å². The van der Waals surface area contributed by atoms with Crippen molar-refractivity contribution in [2.45, 2.75) is 17.5 Å². The number of hydrogen-bond acceptors (Lipinski definition) is 4. The highest BCUT2D eigenvalue weighted by Crippen LogP contribution is 2.17. The van der Waals surface area contributed by atoms with Gasteiger partial charge in [-0.25, -0.2) is 13.1 Å². The molecule has 6 nitrogen and oxygen atoms in total. The van der Waals surface area contributed by atoms with E-state index < -0.39 is 22.7 Å². The number of halogens is 3. The van der Waals surface area contributed by atoms with Crippen LogP contribution in [-0.2, 0) is 14.8 Å². The lowest BCUT2D eigenvalue weighted by atomic mass is 10.3. The van der Waals surface area contributed by atoms with E-state index in [0.29, 0.717) is 5.69 Å². The van der Waals surface area contributed by atoms with Gasteiger partial charge in [-0.15, -0.1) is 0 Å². The lowest BCUT2D eigenvalue weighted by molar-refractivity contribution is -0.121. The van der Waals surface area contributed by atoms with E-state index in [4.69, 9.17) is 5.73 Å². The van der Waals surface area contributed by atoms with E-state index in [2.05, 4.69) is 5.32 Å². The Bertz CT molecular complexity index is 585. The Kier molecular flexibility index (Phi) is 5.70. The first-order valence-electron chi connectivity index (χ1n) is 5.80. The zero-order chi connectivity index (χ0) is 16.1. The molecule has 21 heavy (non-hydrogen) atoms. The van der Waals surface area contributed by atoms with Crippen LogP contribution in [-0.4, -0.2) is 33.6 Å². The highest BCUT2D eigenvalue weighted by molar-refractivity contribution is 7.89. The van der Waals surface area contributed by atoms with Crippen LogP contribution < -0.4 is 15.8 Å². The lowest BCUT2D eigenvalue weighted by Crippen LogP contribution is -2.33. The van der Waals surface area contributed by atoms with Gasteiger partial charge in [0, 0.05) is 18.7 Å². The molecular weight excluding hydrogens is 311 g/mol. The highest BCUT2D eigenvalue weighted by Gasteiger charge is 2.29. The highest BCUT2D eigenvalue weighted by atomic mass is 32.2. The summed E-state index contributed by atoms with van der Waals surface area (Å²) in [6, 6.07) is 4.74. The van der Waals surface area contributed by atoms with Crippen molar-refractivity contribution in [1.29, 1.82) is 0 Å². The summed E-state index contributed by atoms with van der Waals surface area (Å²) in [6.07, 6.45) is -4.53. The Morgan fingerprint density at radius 1 is 1.19 bits per heavy atom. The van der Waals surface area contributed by atoms with Crippen molar-refractivity contribution in [3.05, 3.63) is 24.3 Å². The Labute approximate surface area is 119 Å². The molecule has 4 N–H and O–H groups in total. The number of sulfonamides is 1. The molecule has 0 aliphatic carbocycles. The van der Waals surface area contributed by atoms with Crippen molar-refractivity contribution < 1.29 is 26.4 Å². The fourth-order valence-corrected chi connectivity index (χ4v) is 2.35. The molecule has 118 valence electrons. The maximum Gasteiger partial charge on any atom is 0.402 e. The number of alkyl halides is 3. The molecule has 1 aromatic carbocycles. The summed E-state index contributed by atoms with van der Waals surface area (Å²) >= 11 is 0. The zero-order valence-electron chi connectivity index (χ0n) is 10.8. The van der Waals surface area contributed by atoms with Crippen LogP contribution in [0.4, 0.5) is 18.9 Å². The Morgan fingerprint density at radius 3 is 2.24 bits per heavy atom. The number of carbonyl (C=O) groups excluding carboxylic acids is 1. The van der Waals surface area contributed by atoms with Crippen LogP contribution in [0.3, 0.4) is 0 Å². The summed E-state index contributed by atoms with van der Waals surface area (Å²) in [5, 5.41) is 2.46. The summed E-state index contributed by atoms with van der Waals surface area (Å²) in [5.41, 5.74) is 5.51. The third-order valence-electron chi connectivity index (χ3n) is 2.28. The minimum Gasteiger partial charge on any atom is -0.330 e. The van der Waals surface area contributed by atoms with Gasteiger partial charge in [0.15, 0.2) is 0 Å². The number of rotatable bonds is 6. The van der Waals surface area contributed by atoms with E-state index in [1.54, 1.807) is 0 Å². The molecule has 0 aliphatic rings. The maximum absolute atomic E-state index is 12.0. The van der Waals surface area contributed by atoms with Crippen LogP contribution in [0.2, 0.25) is 0 Å². The summed E-state index contributed by atoms with van der Waals surface area (Å²) in [5.74, 6) is -0.344. The van der Waals surface area contributed by atoms with Crippen LogP contribution in [0.1, 0.15) is 6.42 Å². The Morgan fingerprint density at radius 2 is 1.76 bits per heavy atom. The zero-order valence-corrected chi connectivity index (χ0v) is 11.6. The standard InChI is InChI=1S/C11H14F3N3O3S/c12-11(13,14)7-16-21(19,20)9-3-1-8(2-4-9)17-10(18)5-6-15/h1-4,16H,5-7,15H2,(H,17,18). The van der Waals surface area contributed by atoms with Gasteiger partial charge in [-0.05, 0) is 24.3 Å². The topological polar surface area (TPSA) is 101 Å². The third kappa shape index (κ3) is 6.10. The lowest BCUT2D eigenvalue weighted by Gasteiger charge is -2.10. The van der Waals surface area contributed by atoms with Crippen molar-refractivity contribution in [3.8, 4) is 0 Å². The molecule has 0 heterocycles. The molecule has 0 fully saturated rings. The molecular formula is C11H14F3N3O3S. The number of hydrogen-bond donors (Lipinski definition) is 3. The summed E-state index contributed by atoms with van der Waals surface area (Å²) in [6.45, 7) is -1.48. The molecule has 0 unspecified atom stereocenters. The monoisotopic (exact) mass is 325 g/mol. The fourth-order valence-electron chi connectivity index (χ4n) is 1.33. The van der Waals surface area contributed by atoms with Gasteiger partial charge < -0.3 is 11.1 Å². The van der Waals surface area contributed by atoms with Crippen molar-refractivity contribution in [3.63, 3.8) is 0 Å². The van der Waals surface area contributed by atoms with E-state index in [1.807, 2.05) is 0 Å². The molecule has 1 amide bonds. The molecule has 10 heteroatoms. The fraction of sp³-hybridized carbons (Fsp3) is 0.364. The van der Waals surface area contributed by atoms with Gasteiger partial charge in [-0.1, -0.05) is 0 Å². The van der Waals surface area contributed by atoms with Gasteiger partial charge in [0.05, 0.1) is 4.90 Å². The predicted molar refractivity (Wildman–Crippen MR) is 70.0 cm³/mol. The Hall–Kier alpha value is -1.65. The minimum absolute atomic E-state index is 0.104. The maximum atomic E-state index is 12.0. The van der Waals surface area contributed by atoms with E-state index in [9.17, 15) is 26.4 Å². The van der Waals surface area contributed by atoms with Crippen LogP contribution in [0.5, 0.6) is 0 Å². The van der Waals surface area contributed by atoms with Gasteiger partial charge in [0.25, 0.3) is 0 Å². The smallest absolute Gasteiger partial charge is 0.330 e. The van der Waals surface area contributed by atoms with Crippen molar-refractivity contribution in [1.82, 2.24) is 4.72 Å². The van der Waals surface area contributed by atoms with Gasteiger partial charge in [0.2, 0.25) is 15.9 Å². The molecule has 0 radical (unpaired) electrons. The number of amides is 1. The van der Waals surface area contributed by atoms with Crippen molar-refractivity contribution in [2.24, 2.45) is 5.73 Å². The normalized spacial score (nSPS) is 12.2. The summed E-state index contributed by atoms with van der Waals surface area (Å²) < 4.78 is 60.6. The SMILES string of the molecule is NCCC(=O)Nc1ccc(S(=O)(=O)NCC(F)(F)F)cc1. The first kappa shape index (κ1) is 17.4. The molecule has 1 rings (SSSR count). The molecule has 0 bridgehead atoms. The quantitative estimate of drug-likeness (QED) is 0.720. The second-order valence-electron chi connectivity index (χ2n) is 4.05. The molecule has 1 aromatic rings. The first-order valence-corrected chi connectivity index (χ1v) is 7.29. The molecule has 0 atom stereocenters. The van der Waals surface area contributed by atoms with E-state index in [0.717, 1.165) is 12.1 Å². The van der Waals surface area contributed by atoms with Gasteiger partial charge in [-0.2, -0.15) is 13.2 Å². The first-order chi connectivity index (χ1) is 9.64. The molecule has 0 saturated heterocycles. The molecule has 0 saturated carbocycles. The number of nitrogens with two attached hydrogens (primary N) is 1. The van der Waals surface area contributed by atoms with E-state index in [1.165, 1.54) is 16.9 Å². The third-order valence-corrected chi connectivity index (χ3v) is 3.70. The molecule has 0 aliphatic heterocycles. The van der Waals surface area contributed by atoms with Crippen LogP contribution in [0.15, 0.2) is 29.2 Å². The summed E-state index contributed by atoms with van der Waals surface area (Å²) in [7, 11) is -4.25. The molecule has 0 aromatic heterocycles. The minimum atomic E-state index is -4.64. The van der Waals surface area contributed by atoms with Gasteiger partial charge >= 0.3 is 6.18 Å². The van der Waals surface area contributed by atoms with Crippen LogP contribution in [0, 0.1) is 0 Å². The second kappa shape index (κ2) is 6.87. The number of benzene rings is 1. The average molecular weight is 325 g/mol. The van der Waals surface area contributed by atoms with Crippen LogP contribution >= 0.6 is 0 Å². The number of anilines is 1. The van der Waals surface area contributed by atoms with Crippen molar-refractivity contribution >= 4 is 21.6 Å². The second-order valence-corrected chi connectivity index (χ2v) is 5.82. The molecule has 0 spiro atoms. The number of carbonyl (C=O) groups is 1. The van der Waals surface area contributed by atoms with Gasteiger partial charge in [-0.3, -0.25) is 4.79 Å². The summed E-state index contributed by atoms with van der Waals surface area (Å²) in [4.78, 5) is 10.9. The predicted octanol–water partition coefficient (Wildman–Crippen LogP) is 0.814. The van der Waals surface area contributed by atoms with E-state index >= 15 is 0 Å². The van der Waals surface area contributed by atoms with Crippen molar-refractivity contribution in [2.75, 3.05) is 18.4 Å². The van der Waals surface area contributed by atoms with Crippen LogP contribution in [0.25, 0.3) is 0 Å².